The highest BCUT2D eigenvalue weighted by atomic mass is 32.2. The van der Waals surface area contributed by atoms with Crippen LogP contribution in [0, 0.1) is 0 Å². The van der Waals surface area contributed by atoms with E-state index in [0.717, 1.165) is 11.1 Å². The Bertz CT molecular complexity index is 1200. The SMILES string of the molecule is COc1cc2c(c(OC)c1OC)-c1ccc(N[C@@H](CCSC)C(=O)O)c(=O)cc1[C@H](NC(C)=O)CC2. The molecule has 1 aliphatic carbocycles. The highest BCUT2D eigenvalue weighted by molar-refractivity contribution is 7.98. The number of anilines is 1. The van der Waals surface area contributed by atoms with Gasteiger partial charge in [-0.05, 0) is 66.2 Å². The van der Waals surface area contributed by atoms with Gasteiger partial charge >= 0.3 is 5.97 Å². The number of carboxylic acids is 1. The molecule has 0 unspecified atom stereocenters. The number of hydrogen-bond donors (Lipinski definition) is 3. The van der Waals surface area contributed by atoms with E-state index in [1.165, 1.54) is 39.0 Å². The number of carbonyl (C=O) groups excluding carboxylic acids is 1. The second-order valence-electron chi connectivity index (χ2n) is 8.41. The second kappa shape index (κ2) is 12.0. The van der Waals surface area contributed by atoms with Crippen molar-refractivity contribution in [2.45, 2.75) is 38.3 Å². The second-order valence-corrected chi connectivity index (χ2v) is 9.40. The van der Waals surface area contributed by atoms with Gasteiger partial charge in [0.15, 0.2) is 11.5 Å². The zero-order valence-electron chi connectivity index (χ0n) is 21.1. The largest absolute Gasteiger partial charge is 0.493 e. The zero-order chi connectivity index (χ0) is 26.4. The number of benzene rings is 1. The van der Waals surface area contributed by atoms with E-state index < -0.39 is 18.1 Å². The topological polar surface area (TPSA) is 123 Å². The first kappa shape index (κ1) is 27.2. The van der Waals surface area contributed by atoms with Gasteiger partial charge in [0.05, 0.1) is 33.1 Å². The molecule has 3 rings (SSSR count). The molecule has 0 heterocycles. The van der Waals surface area contributed by atoms with Crippen LogP contribution in [0.5, 0.6) is 17.2 Å². The number of fused-ring (bicyclic) bond motifs is 3. The van der Waals surface area contributed by atoms with Gasteiger partial charge in [-0.3, -0.25) is 9.59 Å². The molecular formula is C26H32N2O7S. The lowest BCUT2D eigenvalue weighted by molar-refractivity contribution is -0.138. The van der Waals surface area contributed by atoms with Gasteiger partial charge in [0, 0.05) is 12.5 Å². The van der Waals surface area contributed by atoms with Gasteiger partial charge in [0.1, 0.15) is 6.04 Å². The summed E-state index contributed by atoms with van der Waals surface area (Å²) in [5.41, 5.74) is 2.74. The molecule has 0 aromatic heterocycles. The van der Waals surface area contributed by atoms with Crippen molar-refractivity contribution in [3.8, 4) is 28.4 Å². The van der Waals surface area contributed by atoms with E-state index in [4.69, 9.17) is 14.2 Å². The zero-order valence-corrected chi connectivity index (χ0v) is 21.9. The number of amides is 1. The van der Waals surface area contributed by atoms with Crippen LogP contribution in [-0.2, 0) is 16.0 Å². The number of ether oxygens (including phenoxy) is 3. The number of carbonyl (C=O) groups is 2. The van der Waals surface area contributed by atoms with Crippen molar-refractivity contribution < 1.29 is 28.9 Å². The van der Waals surface area contributed by atoms with E-state index in [0.29, 0.717) is 53.4 Å². The monoisotopic (exact) mass is 516 g/mol. The molecule has 10 heteroatoms. The molecule has 2 aromatic rings. The minimum absolute atomic E-state index is 0.166. The Morgan fingerprint density at radius 3 is 2.44 bits per heavy atom. The van der Waals surface area contributed by atoms with Gasteiger partial charge in [0.25, 0.3) is 0 Å². The first-order valence-electron chi connectivity index (χ1n) is 11.5. The number of aliphatic carboxylic acids is 1. The Hall–Kier alpha value is -3.40. The van der Waals surface area contributed by atoms with E-state index in [1.54, 1.807) is 19.2 Å². The smallest absolute Gasteiger partial charge is 0.326 e. The van der Waals surface area contributed by atoms with E-state index in [2.05, 4.69) is 10.6 Å². The Kier molecular flexibility index (Phi) is 9.08. The summed E-state index contributed by atoms with van der Waals surface area (Å²) in [6.07, 6.45) is 3.38. The fourth-order valence-corrected chi connectivity index (χ4v) is 4.98. The summed E-state index contributed by atoms with van der Waals surface area (Å²) in [5, 5.41) is 15.5. The molecule has 2 aromatic carbocycles. The minimum atomic E-state index is -1.03. The molecule has 1 amide bonds. The Balaban J connectivity index is 2.28. The molecule has 3 N–H and O–H groups in total. The van der Waals surface area contributed by atoms with Crippen molar-refractivity contribution >= 4 is 29.3 Å². The fourth-order valence-electron chi connectivity index (χ4n) is 4.51. The van der Waals surface area contributed by atoms with E-state index in [1.807, 2.05) is 12.3 Å². The van der Waals surface area contributed by atoms with Gasteiger partial charge in [-0.1, -0.05) is 6.07 Å². The molecule has 0 bridgehead atoms. The maximum absolute atomic E-state index is 13.3. The molecule has 0 saturated heterocycles. The Morgan fingerprint density at radius 2 is 1.86 bits per heavy atom. The van der Waals surface area contributed by atoms with Crippen LogP contribution in [0.2, 0.25) is 0 Å². The predicted molar refractivity (Wildman–Crippen MR) is 141 cm³/mol. The maximum atomic E-state index is 13.3. The molecule has 9 nitrogen and oxygen atoms in total. The van der Waals surface area contributed by atoms with Crippen LogP contribution in [0.3, 0.4) is 0 Å². The number of rotatable bonds is 10. The fraction of sp³-hybridized carbons (Fsp3) is 0.423. The lowest BCUT2D eigenvalue weighted by Gasteiger charge is -2.19. The first-order valence-corrected chi connectivity index (χ1v) is 12.9. The lowest BCUT2D eigenvalue weighted by Crippen LogP contribution is -2.31. The van der Waals surface area contributed by atoms with E-state index >= 15 is 0 Å². The summed E-state index contributed by atoms with van der Waals surface area (Å²) < 4.78 is 16.9. The van der Waals surface area contributed by atoms with Crippen molar-refractivity contribution in [1.29, 1.82) is 0 Å². The molecule has 0 saturated carbocycles. The molecule has 1 aliphatic rings. The number of methoxy groups -OCH3 is 3. The first-order chi connectivity index (χ1) is 17.2. The molecule has 0 aliphatic heterocycles. The molecule has 2 atom stereocenters. The summed E-state index contributed by atoms with van der Waals surface area (Å²) in [6, 6.07) is 5.35. The minimum Gasteiger partial charge on any atom is -0.493 e. The van der Waals surface area contributed by atoms with Crippen LogP contribution in [0.4, 0.5) is 5.69 Å². The summed E-state index contributed by atoms with van der Waals surface area (Å²) in [5.74, 6) is 0.754. The van der Waals surface area contributed by atoms with Crippen LogP contribution in [-0.4, -0.2) is 56.4 Å². The standard InChI is InChI=1S/C26H32N2O7S/c1-14(29)27-18-8-6-15-12-22(33-2)24(34-3)25(35-4)23(15)16-7-9-19(21(30)13-17(16)18)28-20(26(31)32)10-11-36-5/h7,9,12-13,18,20H,6,8,10-11H2,1-5H3,(H,27,29)(H,28,30)(H,31,32)/t18-,20+/m1/s1. The number of carboxylic acid groups (broad SMARTS) is 1. The van der Waals surface area contributed by atoms with Crippen molar-refractivity contribution in [3.05, 3.63) is 45.6 Å². The molecular weight excluding hydrogens is 484 g/mol. The number of hydrogen-bond acceptors (Lipinski definition) is 8. The maximum Gasteiger partial charge on any atom is 0.326 e. The third-order valence-corrected chi connectivity index (χ3v) is 6.80. The summed E-state index contributed by atoms with van der Waals surface area (Å²) >= 11 is 1.53. The van der Waals surface area contributed by atoms with Crippen LogP contribution in [0.15, 0.2) is 29.1 Å². The van der Waals surface area contributed by atoms with Crippen molar-refractivity contribution in [3.63, 3.8) is 0 Å². The van der Waals surface area contributed by atoms with Gasteiger partial charge < -0.3 is 30.0 Å². The van der Waals surface area contributed by atoms with Crippen molar-refractivity contribution in [2.75, 3.05) is 38.7 Å². The third kappa shape index (κ3) is 5.70. The lowest BCUT2D eigenvalue weighted by atomic mass is 9.95. The number of aryl methyl sites for hydroxylation is 1. The quantitative estimate of drug-likeness (QED) is 0.435. The summed E-state index contributed by atoms with van der Waals surface area (Å²) in [7, 11) is 4.60. The average molecular weight is 517 g/mol. The van der Waals surface area contributed by atoms with Crippen molar-refractivity contribution in [2.24, 2.45) is 0 Å². The van der Waals surface area contributed by atoms with Crippen LogP contribution < -0.4 is 30.3 Å². The molecule has 194 valence electrons. The Labute approximate surface area is 214 Å². The van der Waals surface area contributed by atoms with Crippen molar-refractivity contribution in [1.82, 2.24) is 5.32 Å². The van der Waals surface area contributed by atoms with Crippen LogP contribution in [0.25, 0.3) is 11.1 Å². The number of nitrogens with one attached hydrogen (secondary N) is 2. The molecule has 0 spiro atoms. The van der Waals surface area contributed by atoms with Gasteiger partial charge in [0.2, 0.25) is 17.1 Å². The highest BCUT2D eigenvalue weighted by Crippen LogP contribution is 2.50. The van der Waals surface area contributed by atoms with Gasteiger partial charge in [-0.2, -0.15) is 11.8 Å². The Morgan fingerprint density at radius 1 is 1.14 bits per heavy atom. The van der Waals surface area contributed by atoms with E-state index in [9.17, 15) is 19.5 Å². The molecule has 0 fully saturated rings. The van der Waals surface area contributed by atoms with Gasteiger partial charge in [-0.25, -0.2) is 4.79 Å². The summed E-state index contributed by atoms with van der Waals surface area (Å²) in [4.78, 5) is 37.1. The predicted octanol–water partition coefficient (Wildman–Crippen LogP) is 3.48. The molecule has 36 heavy (non-hydrogen) atoms. The average Bonchev–Trinajstić information content (AvgIpc) is 3.09. The third-order valence-electron chi connectivity index (χ3n) is 6.15. The highest BCUT2D eigenvalue weighted by Gasteiger charge is 2.29. The normalized spacial score (nSPS) is 15.0. The molecule has 0 radical (unpaired) electrons. The van der Waals surface area contributed by atoms with E-state index in [-0.39, 0.29) is 17.0 Å². The van der Waals surface area contributed by atoms with Gasteiger partial charge in [-0.15, -0.1) is 0 Å². The summed E-state index contributed by atoms with van der Waals surface area (Å²) in [6.45, 7) is 1.43. The number of thioether (sulfide) groups is 1. The van der Waals surface area contributed by atoms with Crippen LogP contribution in [0.1, 0.15) is 36.9 Å². The van der Waals surface area contributed by atoms with Crippen LogP contribution >= 0.6 is 11.8 Å².